The number of hydrogen-bond acceptors (Lipinski definition) is 7. The van der Waals surface area contributed by atoms with Gasteiger partial charge in [-0.25, -0.2) is 4.79 Å². The molecule has 7 nitrogen and oxygen atoms in total. The number of fused-ring (bicyclic) bond motifs is 1. The van der Waals surface area contributed by atoms with Crippen molar-refractivity contribution in [2.24, 2.45) is 17.8 Å². The van der Waals surface area contributed by atoms with Crippen molar-refractivity contribution in [3.8, 4) is 0 Å². The molecule has 0 amide bonds. The van der Waals surface area contributed by atoms with Crippen molar-refractivity contribution >= 4 is 18.0 Å². The third-order valence-electron chi connectivity index (χ3n) is 4.64. The van der Waals surface area contributed by atoms with E-state index in [9.17, 15) is 14.4 Å². The van der Waals surface area contributed by atoms with E-state index in [2.05, 4.69) is 0 Å². The maximum absolute atomic E-state index is 12.7. The first kappa shape index (κ1) is 14.9. The number of Topliss-reactive ketones (excluding diaryl/α,β-unsaturated/α-hetero) is 1. The maximum Gasteiger partial charge on any atom is 0.334 e. The van der Waals surface area contributed by atoms with Crippen LogP contribution in [0.5, 0.6) is 0 Å². The fourth-order valence-electron chi connectivity index (χ4n) is 3.72. The van der Waals surface area contributed by atoms with Gasteiger partial charge in [-0.05, 0) is 6.08 Å². The number of ether oxygens (including phenoxy) is 4. The Hall–Kier alpha value is -1.99. The molecule has 1 saturated carbocycles. The average molecular weight is 308 g/mol. The van der Waals surface area contributed by atoms with Crippen LogP contribution in [0.15, 0.2) is 23.5 Å². The highest BCUT2D eigenvalue weighted by atomic mass is 16.7. The Morgan fingerprint density at radius 1 is 1.27 bits per heavy atom. The minimum Gasteiger partial charge on any atom is -0.486 e. The summed E-state index contributed by atoms with van der Waals surface area (Å²) in [5.41, 5.74) is 0.276. The van der Waals surface area contributed by atoms with Gasteiger partial charge in [-0.1, -0.05) is 6.08 Å². The van der Waals surface area contributed by atoms with E-state index in [0.717, 1.165) is 0 Å². The smallest absolute Gasteiger partial charge is 0.334 e. The number of esters is 1. The summed E-state index contributed by atoms with van der Waals surface area (Å²) in [6.07, 6.45) is 3.19. The van der Waals surface area contributed by atoms with Crippen molar-refractivity contribution in [1.82, 2.24) is 0 Å². The summed E-state index contributed by atoms with van der Waals surface area (Å²) >= 11 is 0. The molecule has 0 saturated heterocycles. The highest BCUT2D eigenvalue weighted by Crippen LogP contribution is 2.54. The first-order chi connectivity index (χ1) is 10.5. The Balaban J connectivity index is 2.14. The van der Waals surface area contributed by atoms with Crippen molar-refractivity contribution in [3.63, 3.8) is 0 Å². The molecule has 4 aliphatic rings. The number of carbonyl (C=O) groups is 3. The van der Waals surface area contributed by atoms with E-state index >= 15 is 0 Å². The Morgan fingerprint density at radius 2 is 1.95 bits per heavy atom. The summed E-state index contributed by atoms with van der Waals surface area (Å²) in [7, 11) is 3.95. The number of allylic oxidation sites excluding steroid dienone is 2. The molecule has 0 radical (unpaired) electrons. The van der Waals surface area contributed by atoms with Gasteiger partial charge in [0, 0.05) is 25.7 Å². The van der Waals surface area contributed by atoms with Gasteiger partial charge < -0.3 is 18.9 Å². The molecule has 1 fully saturated rings. The van der Waals surface area contributed by atoms with Gasteiger partial charge in [-0.2, -0.15) is 0 Å². The number of methoxy groups -OCH3 is 3. The molecule has 22 heavy (non-hydrogen) atoms. The number of aldehydes is 1. The third kappa shape index (κ3) is 1.66. The van der Waals surface area contributed by atoms with Crippen molar-refractivity contribution < 1.29 is 33.3 Å². The van der Waals surface area contributed by atoms with Gasteiger partial charge in [0.15, 0.2) is 17.8 Å². The lowest BCUT2D eigenvalue weighted by Crippen LogP contribution is -2.66. The zero-order chi connectivity index (χ0) is 16.1. The van der Waals surface area contributed by atoms with Crippen LogP contribution >= 0.6 is 0 Å². The lowest BCUT2D eigenvalue weighted by atomic mass is 9.60. The molecule has 3 aliphatic carbocycles. The zero-order valence-electron chi connectivity index (χ0n) is 12.4. The molecule has 0 N–H and O–H groups in total. The molecule has 4 rings (SSSR count). The summed E-state index contributed by atoms with van der Waals surface area (Å²) in [5.74, 6) is -4.10. The Labute approximate surface area is 126 Å². The van der Waals surface area contributed by atoms with E-state index < -0.39 is 29.7 Å². The minimum atomic E-state index is -1.61. The van der Waals surface area contributed by atoms with E-state index in [1.807, 2.05) is 0 Å². The molecule has 1 aliphatic heterocycles. The second kappa shape index (κ2) is 5.03. The monoisotopic (exact) mass is 308 g/mol. The second-order valence-electron chi connectivity index (χ2n) is 5.40. The Kier molecular flexibility index (Phi) is 3.41. The first-order valence-electron chi connectivity index (χ1n) is 6.82. The van der Waals surface area contributed by atoms with E-state index in [-0.39, 0.29) is 23.0 Å². The molecular weight excluding hydrogens is 292 g/mol. The van der Waals surface area contributed by atoms with Gasteiger partial charge in [0.25, 0.3) is 0 Å². The quantitative estimate of drug-likeness (QED) is 0.410. The minimum absolute atomic E-state index is 0.153. The van der Waals surface area contributed by atoms with Crippen LogP contribution in [0.4, 0.5) is 0 Å². The van der Waals surface area contributed by atoms with Crippen molar-refractivity contribution in [1.29, 1.82) is 0 Å². The lowest BCUT2D eigenvalue weighted by Gasteiger charge is -2.51. The van der Waals surface area contributed by atoms with E-state index in [1.165, 1.54) is 21.3 Å². The zero-order valence-corrected chi connectivity index (χ0v) is 12.4. The predicted molar refractivity (Wildman–Crippen MR) is 71.3 cm³/mol. The lowest BCUT2D eigenvalue weighted by molar-refractivity contribution is -0.256. The van der Waals surface area contributed by atoms with Crippen LogP contribution in [0.25, 0.3) is 0 Å². The summed E-state index contributed by atoms with van der Waals surface area (Å²) in [6, 6.07) is 0. The van der Waals surface area contributed by atoms with Crippen molar-refractivity contribution in [3.05, 3.63) is 23.5 Å². The third-order valence-corrected chi connectivity index (χ3v) is 4.64. The Bertz CT molecular complexity index is 599. The molecule has 4 atom stereocenters. The van der Waals surface area contributed by atoms with Crippen LogP contribution in [0.3, 0.4) is 0 Å². The molecule has 0 spiro atoms. The van der Waals surface area contributed by atoms with Gasteiger partial charge in [0.05, 0.1) is 18.9 Å². The van der Waals surface area contributed by atoms with Crippen LogP contribution in [-0.2, 0) is 33.3 Å². The molecule has 2 bridgehead atoms. The standard InChI is InChI=1S/C15H16O7/c1-19-14(18)10-5-9-8-4-7(6-16)22-12(8)11(10)15(20-2,21-3)13(9)17/h4-6,8-9,11-12H,1-3H3. The Morgan fingerprint density at radius 3 is 2.50 bits per heavy atom. The molecule has 0 aromatic carbocycles. The van der Waals surface area contributed by atoms with Crippen LogP contribution < -0.4 is 0 Å². The normalized spacial score (nSPS) is 34.4. The molecular formula is C15H16O7. The topological polar surface area (TPSA) is 88.1 Å². The summed E-state index contributed by atoms with van der Waals surface area (Å²) in [5, 5.41) is 0. The number of ketones is 1. The maximum atomic E-state index is 12.7. The van der Waals surface area contributed by atoms with Crippen LogP contribution in [0.1, 0.15) is 0 Å². The molecule has 0 aromatic heterocycles. The number of hydrogen-bond donors (Lipinski definition) is 0. The first-order valence-corrected chi connectivity index (χ1v) is 6.82. The van der Waals surface area contributed by atoms with Crippen LogP contribution in [-0.4, -0.2) is 51.3 Å². The average Bonchev–Trinajstić information content (AvgIpc) is 2.99. The van der Waals surface area contributed by atoms with E-state index in [0.29, 0.717) is 6.29 Å². The molecule has 0 aromatic rings. The molecule has 4 unspecified atom stereocenters. The second-order valence-corrected chi connectivity index (χ2v) is 5.40. The van der Waals surface area contributed by atoms with E-state index in [1.54, 1.807) is 12.2 Å². The van der Waals surface area contributed by atoms with Gasteiger partial charge in [-0.15, -0.1) is 0 Å². The highest BCUT2D eigenvalue weighted by Gasteiger charge is 2.67. The summed E-state index contributed by atoms with van der Waals surface area (Å²) < 4.78 is 21.1. The fourth-order valence-corrected chi connectivity index (χ4v) is 3.72. The SMILES string of the molecule is COC(=O)C1=CC2C(=O)C(OC)(OC)C1C1OC(C=O)=CC21. The predicted octanol–water partition coefficient (Wildman–Crippen LogP) is 0.00140. The van der Waals surface area contributed by atoms with Crippen molar-refractivity contribution in [2.75, 3.05) is 21.3 Å². The van der Waals surface area contributed by atoms with Gasteiger partial charge in [0.2, 0.25) is 5.79 Å². The largest absolute Gasteiger partial charge is 0.486 e. The molecule has 118 valence electrons. The van der Waals surface area contributed by atoms with E-state index in [4.69, 9.17) is 18.9 Å². The van der Waals surface area contributed by atoms with Gasteiger partial charge in [0.1, 0.15) is 6.10 Å². The number of rotatable bonds is 4. The van der Waals surface area contributed by atoms with Gasteiger partial charge in [-0.3, -0.25) is 9.59 Å². The summed E-state index contributed by atoms with van der Waals surface area (Å²) in [6.45, 7) is 0. The highest BCUT2D eigenvalue weighted by molar-refractivity contribution is 6.00. The summed E-state index contributed by atoms with van der Waals surface area (Å²) in [4.78, 5) is 35.8. The van der Waals surface area contributed by atoms with Gasteiger partial charge >= 0.3 is 5.97 Å². The van der Waals surface area contributed by atoms with Crippen LogP contribution in [0, 0.1) is 17.8 Å². The molecule has 1 heterocycles. The van der Waals surface area contributed by atoms with Crippen LogP contribution in [0.2, 0.25) is 0 Å². The van der Waals surface area contributed by atoms with Crippen molar-refractivity contribution in [2.45, 2.75) is 11.9 Å². The fraction of sp³-hybridized carbons (Fsp3) is 0.533. The number of carbonyl (C=O) groups excluding carboxylic acids is 3. The molecule has 7 heteroatoms.